The van der Waals surface area contributed by atoms with Gasteiger partial charge in [0, 0.05) is 22.3 Å². The number of benzene rings is 7. The molecule has 1 heterocycles. The van der Waals surface area contributed by atoms with Crippen LogP contribution in [0.25, 0.3) is 82.1 Å². The van der Waals surface area contributed by atoms with E-state index in [9.17, 15) is 0 Å². The second kappa shape index (κ2) is 9.55. The minimum absolute atomic E-state index is 0.507. The maximum absolute atomic E-state index is 6.37. The Labute approximate surface area is 261 Å². The van der Waals surface area contributed by atoms with Crippen LogP contribution in [0.3, 0.4) is 0 Å². The van der Waals surface area contributed by atoms with Crippen LogP contribution in [-0.4, -0.2) is 0 Å². The van der Waals surface area contributed by atoms with E-state index in [0.717, 1.165) is 27.5 Å². The average Bonchev–Trinajstić information content (AvgIpc) is 3.49. The van der Waals surface area contributed by atoms with Gasteiger partial charge in [-0.1, -0.05) is 127 Å². The molecule has 0 amide bonds. The highest BCUT2D eigenvalue weighted by Gasteiger charge is 2.28. The lowest BCUT2D eigenvalue weighted by molar-refractivity contribution is 0.544. The molecule has 1 aromatic heterocycles. The van der Waals surface area contributed by atoms with Gasteiger partial charge in [-0.2, -0.15) is 0 Å². The van der Waals surface area contributed by atoms with Crippen LogP contribution < -0.4 is 0 Å². The van der Waals surface area contributed by atoms with Gasteiger partial charge < -0.3 is 4.42 Å². The average molecular weight is 575 g/mol. The molecule has 0 spiro atoms. The number of hydrogen-bond acceptors (Lipinski definition) is 1. The Morgan fingerprint density at radius 3 is 1.78 bits per heavy atom. The number of rotatable bonds is 3. The number of allylic oxidation sites excluding steroid dienone is 4. The molecule has 0 saturated carbocycles. The second-order valence-corrected chi connectivity index (χ2v) is 12.8. The van der Waals surface area contributed by atoms with Gasteiger partial charge in [-0.15, -0.1) is 0 Å². The van der Waals surface area contributed by atoms with Crippen LogP contribution in [0.4, 0.5) is 0 Å². The molecule has 0 radical (unpaired) electrons. The normalized spacial score (nSPS) is 17.6. The molecule has 45 heavy (non-hydrogen) atoms. The van der Waals surface area contributed by atoms with E-state index in [-0.39, 0.29) is 0 Å². The Hall–Kier alpha value is -5.40. The van der Waals surface area contributed by atoms with Crippen molar-refractivity contribution in [1.29, 1.82) is 0 Å². The van der Waals surface area contributed by atoms with E-state index in [4.69, 9.17) is 4.42 Å². The first-order valence-electron chi connectivity index (χ1n) is 16.1. The van der Waals surface area contributed by atoms with E-state index < -0.39 is 0 Å². The molecule has 0 fully saturated rings. The van der Waals surface area contributed by atoms with E-state index in [2.05, 4.69) is 133 Å². The van der Waals surface area contributed by atoms with Crippen molar-refractivity contribution in [3.63, 3.8) is 0 Å². The molecular weight excluding hydrogens is 544 g/mol. The molecule has 2 bridgehead atoms. The molecule has 8 aromatic rings. The zero-order chi connectivity index (χ0) is 29.5. The lowest BCUT2D eigenvalue weighted by atomic mass is 9.72. The van der Waals surface area contributed by atoms with E-state index in [1.165, 1.54) is 73.0 Å². The molecule has 2 unspecified atom stereocenters. The number of hydrogen-bond donors (Lipinski definition) is 0. The summed E-state index contributed by atoms with van der Waals surface area (Å²) in [5, 5.41) is 10.1. The third-order valence-corrected chi connectivity index (χ3v) is 10.3. The van der Waals surface area contributed by atoms with Gasteiger partial charge in [0.25, 0.3) is 0 Å². The fourth-order valence-corrected chi connectivity index (χ4v) is 8.16. The van der Waals surface area contributed by atoms with Crippen molar-refractivity contribution < 1.29 is 4.42 Å². The van der Waals surface area contributed by atoms with Gasteiger partial charge in [-0.25, -0.2) is 0 Å². The van der Waals surface area contributed by atoms with E-state index in [1.54, 1.807) is 0 Å². The highest BCUT2D eigenvalue weighted by atomic mass is 16.3. The van der Waals surface area contributed by atoms with Gasteiger partial charge in [0.15, 0.2) is 0 Å². The van der Waals surface area contributed by atoms with E-state index >= 15 is 0 Å². The quantitative estimate of drug-likeness (QED) is 0.151. The first kappa shape index (κ1) is 25.0. The maximum atomic E-state index is 6.37. The van der Waals surface area contributed by atoms with Crippen LogP contribution >= 0.6 is 0 Å². The van der Waals surface area contributed by atoms with Crippen LogP contribution in [0.5, 0.6) is 0 Å². The standard InChI is InChI=1S/C44H30O/c1-3-11-37-35(9-1)42(36-10-2-4-12-38(36)43(37)40-24-27-16-18-28(40)19-17-27)32-23-21-29-25-31(22-20-30(29)26-32)33-13-7-14-39-34-8-5-6-15-41(34)45-44(33)39/h1-16,18,20-28H,17,19H2. The van der Waals surface area contributed by atoms with Crippen molar-refractivity contribution in [1.82, 2.24) is 0 Å². The molecule has 3 aliphatic rings. The van der Waals surface area contributed by atoms with Crippen molar-refractivity contribution in [3.05, 3.63) is 151 Å². The summed E-state index contributed by atoms with van der Waals surface area (Å²) in [4.78, 5) is 0. The lowest BCUT2D eigenvalue weighted by Gasteiger charge is -2.32. The predicted octanol–water partition coefficient (Wildman–Crippen LogP) is 12.4. The zero-order valence-corrected chi connectivity index (χ0v) is 24.8. The Morgan fingerprint density at radius 2 is 1.11 bits per heavy atom. The SMILES string of the molecule is C1=CC2CCC1C=C2c1c2ccccc2c(-c2ccc3cc(-c4cccc5c4oc4ccccc45)ccc3c2)c2ccccc12. The van der Waals surface area contributed by atoms with Crippen LogP contribution in [0, 0.1) is 11.8 Å². The summed E-state index contributed by atoms with van der Waals surface area (Å²) in [5.74, 6) is 1.07. The molecule has 1 nitrogen and oxygen atoms in total. The molecule has 0 N–H and O–H groups in total. The summed E-state index contributed by atoms with van der Waals surface area (Å²) in [6.07, 6.45) is 9.92. The minimum Gasteiger partial charge on any atom is -0.455 e. The number of fused-ring (bicyclic) bond motifs is 7. The van der Waals surface area contributed by atoms with Crippen LogP contribution in [0.15, 0.2) is 150 Å². The third-order valence-electron chi connectivity index (χ3n) is 10.3. The second-order valence-electron chi connectivity index (χ2n) is 12.8. The van der Waals surface area contributed by atoms with Crippen molar-refractivity contribution in [2.75, 3.05) is 0 Å². The Bertz CT molecular complexity index is 2500. The summed E-state index contributed by atoms with van der Waals surface area (Å²) in [6, 6.07) is 46.6. The topological polar surface area (TPSA) is 13.1 Å². The van der Waals surface area contributed by atoms with Crippen LogP contribution in [-0.2, 0) is 0 Å². The molecule has 7 aromatic carbocycles. The third kappa shape index (κ3) is 3.74. The monoisotopic (exact) mass is 574 g/mol. The fourth-order valence-electron chi connectivity index (χ4n) is 8.16. The Kier molecular flexibility index (Phi) is 5.30. The Balaban J connectivity index is 1.15. The molecule has 1 heteroatoms. The van der Waals surface area contributed by atoms with Crippen molar-refractivity contribution in [3.8, 4) is 22.3 Å². The van der Waals surface area contributed by atoms with E-state index in [0.29, 0.717) is 11.8 Å². The van der Waals surface area contributed by atoms with Gasteiger partial charge in [0.2, 0.25) is 0 Å². The molecule has 2 atom stereocenters. The number of para-hydroxylation sites is 2. The summed E-state index contributed by atoms with van der Waals surface area (Å²) >= 11 is 0. The molecule has 3 aliphatic carbocycles. The molecule has 0 aliphatic heterocycles. The Morgan fingerprint density at radius 1 is 0.489 bits per heavy atom. The van der Waals surface area contributed by atoms with E-state index in [1.807, 2.05) is 12.1 Å². The summed E-state index contributed by atoms with van der Waals surface area (Å²) in [6.45, 7) is 0. The highest BCUT2D eigenvalue weighted by molar-refractivity contribution is 6.19. The van der Waals surface area contributed by atoms with Gasteiger partial charge in [-0.3, -0.25) is 0 Å². The van der Waals surface area contributed by atoms with Crippen LogP contribution in [0.1, 0.15) is 18.4 Å². The minimum atomic E-state index is 0.507. The summed E-state index contributed by atoms with van der Waals surface area (Å²) in [5.41, 5.74) is 9.69. The largest absolute Gasteiger partial charge is 0.455 e. The van der Waals surface area contributed by atoms with Crippen molar-refractivity contribution in [2.45, 2.75) is 12.8 Å². The molecule has 0 saturated heterocycles. The molecular formula is C44H30O. The number of furan rings is 1. The fraction of sp³-hybridized carbons (Fsp3) is 0.0909. The molecule has 212 valence electrons. The first-order valence-corrected chi connectivity index (χ1v) is 16.1. The van der Waals surface area contributed by atoms with Gasteiger partial charge in [0.1, 0.15) is 11.2 Å². The molecule has 11 rings (SSSR count). The lowest BCUT2D eigenvalue weighted by Crippen LogP contribution is -2.16. The first-order chi connectivity index (χ1) is 22.3. The van der Waals surface area contributed by atoms with Gasteiger partial charge >= 0.3 is 0 Å². The predicted molar refractivity (Wildman–Crippen MR) is 190 cm³/mol. The highest BCUT2D eigenvalue weighted by Crippen LogP contribution is 2.48. The zero-order valence-electron chi connectivity index (χ0n) is 24.8. The summed E-state index contributed by atoms with van der Waals surface area (Å²) in [7, 11) is 0. The van der Waals surface area contributed by atoms with Crippen molar-refractivity contribution in [2.24, 2.45) is 11.8 Å². The van der Waals surface area contributed by atoms with Crippen molar-refractivity contribution >= 4 is 59.8 Å². The maximum Gasteiger partial charge on any atom is 0.143 e. The van der Waals surface area contributed by atoms with Crippen LogP contribution in [0.2, 0.25) is 0 Å². The van der Waals surface area contributed by atoms with Gasteiger partial charge in [0.05, 0.1) is 0 Å². The van der Waals surface area contributed by atoms with Gasteiger partial charge in [-0.05, 0) is 97.1 Å². The summed E-state index contributed by atoms with van der Waals surface area (Å²) < 4.78 is 6.37. The smallest absolute Gasteiger partial charge is 0.143 e.